The van der Waals surface area contributed by atoms with E-state index in [0.29, 0.717) is 30.9 Å². The second-order valence-electron chi connectivity index (χ2n) is 7.25. The van der Waals surface area contributed by atoms with Crippen LogP contribution in [0, 0.1) is 5.92 Å². The maximum atomic E-state index is 12.8. The summed E-state index contributed by atoms with van der Waals surface area (Å²) < 4.78 is 37.2. The van der Waals surface area contributed by atoms with Gasteiger partial charge in [-0.15, -0.1) is 0 Å². The fourth-order valence-electron chi connectivity index (χ4n) is 3.39. The summed E-state index contributed by atoms with van der Waals surface area (Å²) >= 11 is 0. The number of methoxy groups -OCH3 is 1. The van der Waals surface area contributed by atoms with Crippen molar-refractivity contribution in [3.63, 3.8) is 0 Å². The SMILES string of the molecule is COc1ccc(S(=O)(=O)N2CCC(C(=O)NCCC(=O)NCc3ccco3)CC2)cc1. The third kappa shape index (κ3) is 6.08. The van der Waals surface area contributed by atoms with E-state index in [9.17, 15) is 18.0 Å². The molecule has 1 aromatic heterocycles. The van der Waals surface area contributed by atoms with Crippen molar-refractivity contribution in [2.75, 3.05) is 26.7 Å². The average Bonchev–Trinajstić information content (AvgIpc) is 3.31. The standard InChI is InChI=1S/C21H27N3O6S/c1-29-17-4-6-19(7-5-17)31(27,28)24-12-9-16(10-13-24)21(26)22-11-8-20(25)23-15-18-3-2-14-30-18/h2-7,14,16H,8-13,15H2,1H3,(H,22,26)(H,23,25). The van der Waals surface area contributed by atoms with Gasteiger partial charge in [0.2, 0.25) is 21.8 Å². The highest BCUT2D eigenvalue weighted by Crippen LogP contribution is 2.25. The summed E-state index contributed by atoms with van der Waals surface area (Å²) in [6.07, 6.45) is 2.57. The second-order valence-corrected chi connectivity index (χ2v) is 9.19. The third-order valence-electron chi connectivity index (χ3n) is 5.21. The first-order chi connectivity index (χ1) is 14.9. The summed E-state index contributed by atoms with van der Waals surface area (Å²) in [5.74, 6) is 0.642. The fraction of sp³-hybridized carbons (Fsp3) is 0.429. The number of rotatable bonds is 9. The van der Waals surface area contributed by atoms with Gasteiger partial charge < -0.3 is 19.8 Å². The van der Waals surface area contributed by atoms with E-state index in [1.807, 2.05) is 0 Å². The number of nitrogens with one attached hydrogen (secondary N) is 2. The lowest BCUT2D eigenvalue weighted by Crippen LogP contribution is -2.43. The van der Waals surface area contributed by atoms with Crippen LogP contribution in [0.5, 0.6) is 5.75 Å². The molecular weight excluding hydrogens is 422 g/mol. The molecule has 2 heterocycles. The van der Waals surface area contributed by atoms with Crippen molar-refractivity contribution in [1.29, 1.82) is 0 Å². The zero-order valence-corrected chi connectivity index (χ0v) is 18.2. The largest absolute Gasteiger partial charge is 0.497 e. The van der Waals surface area contributed by atoms with E-state index in [1.165, 1.54) is 29.8 Å². The highest BCUT2D eigenvalue weighted by atomic mass is 32.2. The van der Waals surface area contributed by atoms with Crippen LogP contribution in [0.2, 0.25) is 0 Å². The number of furan rings is 1. The van der Waals surface area contributed by atoms with Crippen molar-refractivity contribution in [3.05, 3.63) is 48.4 Å². The van der Waals surface area contributed by atoms with Crippen molar-refractivity contribution in [1.82, 2.24) is 14.9 Å². The Morgan fingerprint density at radius 1 is 1.13 bits per heavy atom. The first-order valence-electron chi connectivity index (χ1n) is 10.1. The number of benzene rings is 1. The van der Waals surface area contributed by atoms with Gasteiger partial charge in [0.25, 0.3) is 0 Å². The number of hydrogen-bond donors (Lipinski definition) is 2. The Kier molecular flexibility index (Phi) is 7.69. The predicted molar refractivity (Wildman–Crippen MR) is 113 cm³/mol. The summed E-state index contributed by atoms with van der Waals surface area (Å²) in [7, 11) is -2.08. The van der Waals surface area contributed by atoms with Crippen molar-refractivity contribution in [2.45, 2.75) is 30.7 Å². The zero-order valence-electron chi connectivity index (χ0n) is 17.4. The molecule has 1 aliphatic rings. The van der Waals surface area contributed by atoms with Gasteiger partial charge in [-0.25, -0.2) is 8.42 Å². The zero-order chi connectivity index (χ0) is 22.3. The molecule has 0 saturated carbocycles. The van der Waals surface area contributed by atoms with Crippen LogP contribution in [-0.2, 0) is 26.2 Å². The van der Waals surface area contributed by atoms with E-state index in [-0.39, 0.29) is 48.7 Å². The topological polar surface area (TPSA) is 118 Å². The minimum atomic E-state index is -3.60. The molecule has 9 nitrogen and oxygen atoms in total. The molecule has 168 valence electrons. The van der Waals surface area contributed by atoms with E-state index >= 15 is 0 Å². The molecule has 3 rings (SSSR count). The molecule has 2 aromatic rings. The summed E-state index contributed by atoms with van der Waals surface area (Å²) in [4.78, 5) is 24.4. The molecule has 0 unspecified atom stereocenters. The quantitative estimate of drug-likeness (QED) is 0.599. The molecule has 1 aromatic carbocycles. The van der Waals surface area contributed by atoms with Gasteiger partial charge in [0.05, 0.1) is 24.8 Å². The van der Waals surface area contributed by atoms with Gasteiger partial charge in [-0.2, -0.15) is 4.31 Å². The highest BCUT2D eigenvalue weighted by molar-refractivity contribution is 7.89. The minimum absolute atomic E-state index is 0.152. The molecule has 2 amide bonds. The van der Waals surface area contributed by atoms with Gasteiger partial charge in [-0.05, 0) is 49.2 Å². The minimum Gasteiger partial charge on any atom is -0.497 e. The van der Waals surface area contributed by atoms with Gasteiger partial charge in [-0.3, -0.25) is 9.59 Å². The number of carbonyl (C=O) groups excluding carboxylic acids is 2. The summed E-state index contributed by atoms with van der Waals surface area (Å²) in [6.45, 7) is 1.08. The number of hydrogen-bond acceptors (Lipinski definition) is 6. The maximum Gasteiger partial charge on any atom is 0.243 e. The molecule has 0 spiro atoms. The van der Waals surface area contributed by atoms with Crippen LogP contribution in [0.3, 0.4) is 0 Å². The fourth-order valence-corrected chi connectivity index (χ4v) is 4.86. The van der Waals surface area contributed by atoms with E-state index in [4.69, 9.17) is 9.15 Å². The number of nitrogens with zero attached hydrogens (tertiary/aromatic N) is 1. The molecule has 1 fully saturated rings. The number of carbonyl (C=O) groups is 2. The van der Waals surface area contributed by atoms with Gasteiger partial charge in [0.1, 0.15) is 11.5 Å². The Morgan fingerprint density at radius 3 is 2.45 bits per heavy atom. The van der Waals surface area contributed by atoms with Crippen LogP contribution in [0.25, 0.3) is 0 Å². The first-order valence-corrected chi connectivity index (χ1v) is 11.5. The Labute approximate surface area is 181 Å². The Balaban J connectivity index is 1.40. The molecular formula is C21H27N3O6S. The normalized spacial score (nSPS) is 15.4. The van der Waals surface area contributed by atoms with Crippen molar-refractivity contribution in [3.8, 4) is 5.75 Å². The number of piperidine rings is 1. The van der Waals surface area contributed by atoms with E-state index < -0.39 is 10.0 Å². The van der Waals surface area contributed by atoms with Gasteiger partial charge in [0, 0.05) is 32.0 Å². The van der Waals surface area contributed by atoms with Crippen LogP contribution in [-0.4, -0.2) is 51.3 Å². The maximum absolute atomic E-state index is 12.8. The van der Waals surface area contributed by atoms with Gasteiger partial charge in [-0.1, -0.05) is 0 Å². The van der Waals surface area contributed by atoms with Crippen molar-refractivity contribution in [2.24, 2.45) is 5.92 Å². The molecule has 1 aliphatic heterocycles. The van der Waals surface area contributed by atoms with Crippen LogP contribution in [0.1, 0.15) is 25.0 Å². The highest BCUT2D eigenvalue weighted by Gasteiger charge is 2.32. The summed E-state index contributed by atoms with van der Waals surface area (Å²) in [5, 5.41) is 5.49. The van der Waals surface area contributed by atoms with Crippen LogP contribution < -0.4 is 15.4 Å². The molecule has 0 radical (unpaired) electrons. The van der Waals surface area contributed by atoms with E-state index in [2.05, 4.69) is 10.6 Å². The molecule has 0 aliphatic carbocycles. The van der Waals surface area contributed by atoms with Gasteiger partial charge in [0.15, 0.2) is 0 Å². The second kappa shape index (κ2) is 10.5. The lowest BCUT2D eigenvalue weighted by atomic mass is 9.97. The molecule has 0 atom stereocenters. The summed E-state index contributed by atoms with van der Waals surface area (Å²) in [6, 6.07) is 9.77. The predicted octanol–water partition coefficient (Wildman–Crippen LogP) is 1.51. The number of ether oxygens (including phenoxy) is 1. The van der Waals surface area contributed by atoms with E-state index in [0.717, 1.165) is 0 Å². The average molecular weight is 450 g/mol. The lowest BCUT2D eigenvalue weighted by Gasteiger charge is -2.30. The van der Waals surface area contributed by atoms with Crippen molar-refractivity contribution < 1.29 is 27.2 Å². The third-order valence-corrected chi connectivity index (χ3v) is 7.13. The van der Waals surface area contributed by atoms with Crippen LogP contribution in [0.4, 0.5) is 0 Å². The monoisotopic (exact) mass is 449 g/mol. The Hall–Kier alpha value is -2.85. The number of sulfonamides is 1. The lowest BCUT2D eigenvalue weighted by molar-refractivity contribution is -0.126. The molecule has 0 bridgehead atoms. The number of amides is 2. The smallest absolute Gasteiger partial charge is 0.243 e. The van der Waals surface area contributed by atoms with Crippen LogP contribution in [0.15, 0.2) is 52.0 Å². The summed E-state index contributed by atoms with van der Waals surface area (Å²) in [5.41, 5.74) is 0. The Bertz CT molecular complexity index is 965. The van der Waals surface area contributed by atoms with Gasteiger partial charge >= 0.3 is 0 Å². The van der Waals surface area contributed by atoms with Crippen molar-refractivity contribution >= 4 is 21.8 Å². The first kappa shape index (κ1) is 22.8. The van der Waals surface area contributed by atoms with Crippen LogP contribution >= 0.6 is 0 Å². The molecule has 1 saturated heterocycles. The molecule has 31 heavy (non-hydrogen) atoms. The Morgan fingerprint density at radius 2 is 1.84 bits per heavy atom. The molecule has 2 N–H and O–H groups in total. The van der Waals surface area contributed by atoms with E-state index in [1.54, 1.807) is 24.3 Å². The molecule has 10 heteroatoms.